The molecule has 2 rings (SSSR count). The number of rotatable bonds is 7. The van der Waals surface area contributed by atoms with E-state index in [4.69, 9.17) is 4.74 Å². The van der Waals surface area contributed by atoms with Crippen LogP contribution in [-0.4, -0.2) is 54.4 Å². The second kappa shape index (κ2) is 8.48. The van der Waals surface area contributed by atoms with Crippen LogP contribution in [0.15, 0.2) is 29.2 Å². The number of carbonyl (C=O) groups excluding carboxylic acids is 1. The highest BCUT2D eigenvalue weighted by Crippen LogP contribution is 2.31. The number of hydrogen-bond acceptors (Lipinski definition) is 4. The molecule has 0 aliphatic carbocycles. The van der Waals surface area contributed by atoms with Crippen LogP contribution in [0.5, 0.6) is 0 Å². The Balaban J connectivity index is 1.87. The molecule has 1 N–H and O–H groups in total. The Morgan fingerprint density at radius 2 is 2.08 bits per heavy atom. The van der Waals surface area contributed by atoms with Gasteiger partial charge in [0.05, 0.1) is 6.61 Å². The summed E-state index contributed by atoms with van der Waals surface area (Å²) in [6.07, 6.45) is 1.50. The number of piperidine rings is 1. The van der Waals surface area contributed by atoms with Gasteiger partial charge in [-0.2, -0.15) is 0 Å². The van der Waals surface area contributed by atoms with E-state index in [2.05, 4.69) is 0 Å². The Labute approximate surface area is 145 Å². The minimum absolute atomic E-state index is 0.0500. The highest BCUT2D eigenvalue weighted by Gasteiger charge is 2.43. The molecule has 1 aliphatic rings. The number of nitrogens with zero attached hydrogens (tertiary/aromatic N) is 1. The van der Waals surface area contributed by atoms with Crippen molar-refractivity contribution < 1.29 is 23.8 Å². The summed E-state index contributed by atoms with van der Waals surface area (Å²) in [6.45, 7) is 0.880. The number of methoxy groups -OCH3 is 1. The molecule has 132 valence electrons. The zero-order valence-electron chi connectivity index (χ0n) is 13.7. The summed E-state index contributed by atoms with van der Waals surface area (Å²) in [7, 11) is 1.48. The van der Waals surface area contributed by atoms with Crippen molar-refractivity contribution >= 4 is 23.6 Å². The van der Waals surface area contributed by atoms with E-state index < -0.39 is 11.4 Å². The first-order valence-corrected chi connectivity index (χ1v) is 8.84. The van der Waals surface area contributed by atoms with Crippen molar-refractivity contribution in [2.75, 3.05) is 32.6 Å². The van der Waals surface area contributed by atoms with Crippen molar-refractivity contribution in [2.24, 2.45) is 5.41 Å². The largest absolute Gasteiger partial charge is 0.481 e. The molecule has 1 atom stereocenters. The lowest BCUT2D eigenvalue weighted by molar-refractivity contribution is -0.159. The fourth-order valence-corrected chi connectivity index (χ4v) is 3.76. The molecule has 5 nitrogen and oxygen atoms in total. The molecule has 7 heteroatoms. The lowest BCUT2D eigenvalue weighted by Gasteiger charge is -2.39. The molecular weight excluding hydrogens is 333 g/mol. The van der Waals surface area contributed by atoms with E-state index in [1.54, 1.807) is 17.0 Å². The van der Waals surface area contributed by atoms with Gasteiger partial charge >= 0.3 is 5.97 Å². The highest BCUT2D eigenvalue weighted by atomic mass is 32.2. The van der Waals surface area contributed by atoms with E-state index in [1.165, 1.54) is 31.0 Å². The Morgan fingerprint density at radius 3 is 2.71 bits per heavy atom. The van der Waals surface area contributed by atoms with Gasteiger partial charge in [-0.1, -0.05) is 0 Å². The maximum absolute atomic E-state index is 12.9. The topological polar surface area (TPSA) is 66.8 Å². The third kappa shape index (κ3) is 4.70. The van der Waals surface area contributed by atoms with Crippen LogP contribution in [0, 0.1) is 11.2 Å². The maximum Gasteiger partial charge on any atom is 0.313 e. The average molecular weight is 355 g/mol. The molecule has 0 aromatic heterocycles. The molecule has 1 saturated heterocycles. The molecule has 0 spiro atoms. The van der Waals surface area contributed by atoms with Gasteiger partial charge in [0, 0.05) is 37.3 Å². The predicted octanol–water partition coefficient (Wildman–Crippen LogP) is 2.65. The number of likely N-dealkylation sites (tertiary alicyclic amines) is 1. The summed E-state index contributed by atoms with van der Waals surface area (Å²) < 4.78 is 17.9. The predicted molar refractivity (Wildman–Crippen MR) is 89.5 cm³/mol. The number of halogens is 1. The molecule has 24 heavy (non-hydrogen) atoms. The zero-order chi connectivity index (χ0) is 17.6. The van der Waals surface area contributed by atoms with E-state index in [0.29, 0.717) is 31.6 Å². The van der Waals surface area contributed by atoms with Gasteiger partial charge in [0.2, 0.25) is 5.91 Å². The summed E-state index contributed by atoms with van der Waals surface area (Å²) in [5.74, 6) is -0.675. The number of carbonyl (C=O) groups is 2. The molecule has 0 radical (unpaired) electrons. The normalized spacial score (nSPS) is 20.8. The lowest BCUT2D eigenvalue weighted by atomic mass is 9.80. The van der Waals surface area contributed by atoms with Crippen molar-refractivity contribution in [2.45, 2.75) is 24.2 Å². The molecule has 1 unspecified atom stereocenters. The van der Waals surface area contributed by atoms with Gasteiger partial charge in [-0.25, -0.2) is 4.39 Å². The van der Waals surface area contributed by atoms with Crippen LogP contribution in [0.2, 0.25) is 0 Å². The van der Waals surface area contributed by atoms with Crippen LogP contribution in [0.25, 0.3) is 0 Å². The fraction of sp³-hybridized carbons (Fsp3) is 0.529. The second-order valence-corrected chi connectivity index (χ2v) is 7.16. The van der Waals surface area contributed by atoms with Gasteiger partial charge in [0.15, 0.2) is 0 Å². The Hall–Kier alpha value is -1.60. The number of amides is 1. The monoisotopic (exact) mass is 355 g/mol. The van der Waals surface area contributed by atoms with E-state index in [0.717, 1.165) is 4.90 Å². The van der Waals surface area contributed by atoms with Crippen molar-refractivity contribution in [1.82, 2.24) is 4.90 Å². The number of carboxylic acid groups (broad SMARTS) is 1. The van der Waals surface area contributed by atoms with Gasteiger partial charge in [-0.05, 0) is 37.1 Å². The third-order valence-electron chi connectivity index (χ3n) is 4.20. The van der Waals surface area contributed by atoms with Crippen molar-refractivity contribution in [3.05, 3.63) is 30.1 Å². The van der Waals surface area contributed by atoms with Crippen LogP contribution < -0.4 is 0 Å². The summed E-state index contributed by atoms with van der Waals surface area (Å²) >= 11 is 1.48. The molecule has 1 fully saturated rings. The van der Waals surface area contributed by atoms with E-state index in [9.17, 15) is 19.1 Å². The van der Waals surface area contributed by atoms with Gasteiger partial charge in [0.25, 0.3) is 0 Å². The lowest BCUT2D eigenvalue weighted by Crippen LogP contribution is -2.52. The van der Waals surface area contributed by atoms with Crippen LogP contribution in [0.3, 0.4) is 0 Å². The Kier molecular flexibility index (Phi) is 6.62. The van der Waals surface area contributed by atoms with Gasteiger partial charge in [0.1, 0.15) is 11.2 Å². The quantitative estimate of drug-likeness (QED) is 0.762. The molecule has 1 heterocycles. The summed E-state index contributed by atoms with van der Waals surface area (Å²) in [4.78, 5) is 26.5. The van der Waals surface area contributed by atoms with E-state index >= 15 is 0 Å². The average Bonchev–Trinajstić information content (AvgIpc) is 2.57. The van der Waals surface area contributed by atoms with Crippen LogP contribution in [-0.2, 0) is 14.3 Å². The highest BCUT2D eigenvalue weighted by molar-refractivity contribution is 7.99. The van der Waals surface area contributed by atoms with Crippen LogP contribution in [0.1, 0.15) is 19.3 Å². The number of aliphatic carboxylic acids is 1. The van der Waals surface area contributed by atoms with E-state index in [-0.39, 0.29) is 24.9 Å². The SMILES string of the molecule is COCC1(C(=O)O)CCCN(C(=O)CCSc2ccc(F)cc2)C1. The number of hydrogen-bond donors (Lipinski definition) is 1. The van der Waals surface area contributed by atoms with Crippen LogP contribution >= 0.6 is 11.8 Å². The molecule has 1 aromatic carbocycles. The fourth-order valence-electron chi connectivity index (χ4n) is 2.92. The molecule has 1 aromatic rings. The smallest absolute Gasteiger partial charge is 0.313 e. The molecule has 1 amide bonds. The molecular formula is C17H22FNO4S. The Morgan fingerprint density at radius 1 is 1.38 bits per heavy atom. The molecule has 0 saturated carbocycles. The van der Waals surface area contributed by atoms with Crippen molar-refractivity contribution in [1.29, 1.82) is 0 Å². The van der Waals surface area contributed by atoms with Gasteiger partial charge < -0.3 is 14.7 Å². The number of benzene rings is 1. The first kappa shape index (κ1) is 18.7. The summed E-state index contributed by atoms with van der Waals surface area (Å²) in [5, 5.41) is 9.51. The second-order valence-electron chi connectivity index (χ2n) is 5.99. The minimum Gasteiger partial charge on any atom is -0.481 e. The maximum atomic E-state index is 12.9. The number of ether oxygens (including phenoxy) is 1. The third-order valence-corrected chi connectivity index (χ3v) is 5.22. The van der Waals surface area contributed by atoms with Crippen LogP contribution in [0.4, 0.5) is 4.39 Å². The number of carboxylic acids is 1. The van der Waals surface area contributed by atoms with Crippen molar-refractivity contribution in [3.63, 3.8) is 0 Å². The number of thioether (sulfide) groups is 1. The zero-order valence-corrected chi connectivity index (χ0v) is 14.5. The first-order valence-electron chi connectivity index (χ1n) is 7.85. The van der Waals surface area contributed by atoms with Crippen molar-refractivity contribution in [3.8, 4) is 0 Å². The summed E-state index contributed by atoms with van der Waals surface area (Å²) in [6, 6.07) is 6.14. The van der Waals surface area contributed by atoms with Gasteiger partial charge in [-0.3, -0.25) is 9.59 Å². The first-order chi connectivity index (χ1) is 11.5. The standard InChI is InChI=1S/C17H22FNO4S/c1-23-12-17(16(21)22)8-2-9-19(11-17)15(20)7-10-24-14-5-3-13(18)4-6-14/h3-6H,2,7-12H2,1H3,(H,21,22). The minimum atomic E-state index is -1.01. The van der Waals surface area contributed by atoms with Gasteiger partial charge in [-0.15, -0.1) is 11.8 Å². The Bertz CT molecular complexity index is 576. The summed E-state index contributed by atoms with van der Waals surface area (Å²) in [5.41, 5.74) is -1.01. The molecule has 1 aliphatic heterocycles. The van der Waals surface area contributed by atoms with E-state index in [1.807, 2.05) is 0 Å². The molecule has 0 bridgehead atoms.